The second-order valence-corrected chi connectivity index (χ2v) is 3.62. The molecule has 1 aromatic carbocycles. The predicted octanol–water partition coefficient (Wildman–Crippen LogP) is 2.61. The number of fused-ring (bicyclic) bond motifs is 1. The minimum Gasteiger partial charge on any atom is -0.493 e. The number of hydrogen-bond donors (Lipinski definition) is 1. The van der Waals surface area contributed by atoms with Gasteiger partial charge >= 0.3 is 0 Å². The Morgan fingerprint density at radius 2 is 2.25 bits per heavy atom. The maximum absolute atomic E-state index is 5.53. The number of benzene rings is 1. The number of thiol groups is 1. The monoisotopic (exact) mass is 180 g/mol. The van der Waals surface area contributed by atoms with Crippen LogP contribution >= 0.6 is 12.6 Å². The van der Waals surface area contributed by atoms with E-state index < -0.39 is 0 Å². The van der Waals surface area contributed by atoms with Gasteiger partial charge in [-0.2, -0.15) is 0 Å². The largest absolute Gasteiger partial charge is 0.493 e. The molecule has 0 amide bonds. The molecule has 0 fully saturated rings. The van der Waals surface area contributed by atoms with Gasteiger partial charge in [-0.15, -0.1) is 12.6 Å². The van der Waals surface area contributed by atoms with Gasteiger partial charge in [-0.25, -0.2) is 0 Å². The molecule has 0 atom stereocenters. The Morgan fingerprint density at radius 1 is 1.42 bits per heavy atom. The maximum atomic E-state index is 5.53. The van der Waals surface area contributed by atoms with Crippen molar-refractivity contribution in [3.8, 4) is 5.75 Å². The number of hydrogen-bond acceptors (Lipinski definition) is 2. The van der Waals surface area contributed by atoms with Gasteiger partial charge in [-0.1, -0.05) is 0 Å². The summed E-state index contributed by atoms with van der Waals surface area (Å²) in [7, 11) is 0. The molecular formula is C10H12OS. The average Bonchev–Trinajstić information content (AvgIpc) is 2.12. The summed E-state index contributed by atoms with van der Waals surface area (Å²) in [6.45, 7) is 2.97. The van der Waals surface area contributed by atoms with Crippen molar-refractivity contribution in [1.29, 1.82) is 0 Å². The van der Waals surface area contributed by atoms with Crippen LogP contribution in [0.5, 0.6) is 5.75 Å². The Labute approximate surface area is 78.2 Å². The molecule has 0 saturated carbocycles. The third kappa shape index (κ3) is 1.20. The standard InChI is InChI=1S/C10H12OS/c1-7-8-3-2-6-11-9(8)4-5-10(7)12/h4-5,12H,2-3,6H2,1H3. The van der Waals surface area contributed by atoms with Crippen molar-refractivity contribution >= 4 is 12.6 Å². The van der Waals surface area contributed by atoms with Gasteiger partial charge in [0.25, 0.3) is 0 Å². The van der Waals surface area contributed by atoms with Crippen LogP contribution in [0.2, 0.25) is 0 Å². The first-order chi connectivity index (χ1) is 5.79. The fourth-order valence-electron chi connectivity index (χ4n) is 1.60. The van der Waals surface area contributed by atoms with E-state index in [0.717, 1.165) is 30.1 Å². The molecule has 1 aliphatic rings. The van der Waals surface area contributed by atoms with Crippen molar-refractivity contribution < 1.29 is 4.74 Å². The van der Waals surface area contributed by atoms with Crippen molar-refractivity contribution in [2.75, 3.05) is 6.61 Å². The Balaban J connectivity index is 2.54. The van der Waals surface area contributed by atoms with Gasteiger partial charge < -0.3 is 4.74 Å². The lowest BCUT2D eigenvalue weighted by molar-refractivity contribution is 0.287. The highest BCUT2D eigenvalue weighted by atomic mass is 32.1. The van der Waals surface area contributed by atoms with Gasteiger partial charge in [0.15, 0.2) is 0 Å². The van der Waals surface area contributed by atoms with E-state index >= 15 is 0 Å². The summed E-state index contributed by atoms with van der Waals surface area (Å²) in [4.78, 5) is 1.07. The van der Waals surface area contributed by atoms with Crippen LogP contribution in [0.15, 0.2) is 17.0 Å². The second kappa shape index (κ2) is 3.02. The van der Waals surface area contributed by atoms with E-state index in [0.29, 0.717) is 0 Å². The van der Waals surface area contributed by atoms with E-state index in [4.69, 9.17) is 4.74 Å². The van der Waals surface area contributed by atoms with Crippen molar-refractivity contribution in [3.05, 3.63) is 23.3 Å². The highest BCUT2D eigenvalue weighted by Crippen LogP contribution is 2.30. The lowest BCUT2D eigenvalue weighted by Crippen LogP contribution is -2.09. The Bertz CT molecular complexity index is 307. The van der Waals surface area contributed by atoms with E-state index in [1.54, 1.807) is 0 Å². The molecule has 64 valence electrons. The summed E-state index contributed by atoms with van der Waals surface area (Å²) < 4.78 is 5.53. The smallest absolute Gasteiger partial charge is 0.122 e. The first kappa shape index (κ1) is 7.99. The summed E-state index contributed by atoms with van der Waals surface area (Å²) in [6, 6.07) is 4.02. The minimum atomic E-state index is 0.859. The topological polar surface area (TPSA) is 9.23 Å². The molecule has 1 aromatic rings. The van der Waals surface area contributed by atoms with Crippen molar-refractivity contribution in [2.24, 2.45) is 0 Å². The third-order valence-electron chi connectivity index (χ3n) is 2.36. The fraction of sp³-hybridized carbons (Fsp3) is 0.400. The van der Waals surface area contributed by atoms with Crippen LogP contribution in [-0.4, -0.2) is 6.61 Å². The molecule has 0 saturated heterocycles. The average molecular weight is 180 g/mol. The lowest BCUT2D eigenvalue weighted by Gasteiger charge is -2.19. The molecule has 0 aromatic heterocycles. The summed E-state index contributed by atoms with van der Waals surface area (Å²) in [5, 5.41) is 0. The summed E-state index contributed by atoms with van der Waals surface area (Å²) in [5.41, 5.74) is 2.62. The quantitative estimate of drug-likeness (QED) is 0.604. The van der Waals surface area contributed by atoms with Crippen LogP contribution < -0.4 is 4.74 Å². The Kier molecular flexibility index (Phi) is 2.01. The molecule has 0 aliphatic carbocycles. The van der Waals surface area contributed by atoms with Crippen LogP contribution in [0.1, 0.15) is 17.5 Å². The first-order valence-electron chi connectivity index (χ1n) is 4.23. The van der Waals surface area contributed by atoms with Gasteiger partial charge in [-0.3, -0.25) is 0 Å². The molecule has 0 radical (unpaired) electrons. The van der Waals surface area contributed by atoms with Gasteiger partial charge in [-0.05, 0) is 43.0 Å². The van der Waals surface area contributed by atoms with Gasteiger partial charge in [0.05, 0.1) is 6.61 Å². The summed E-state index contributed by atoms with van der Waals surface area (Å²) in [6.07, 6.45) is 2.26. The van der Waals surface area contributed by atoms with Crippen LogP contribution in [0.3, 0.4) is 0 Å². The zero-order valence-corrected chi connectivity index (χ0v) is 8.03. The van der Waals surface area contributed by atoms with Gasteiger partial charge in [0.1, 0.15) is 5.75 Å². The third-order valence-corrected chi connectivity index (χ3v) is 2.84. The molecule has 0 unspecified atom stereocenters. The Morgan fingerprint density at radius 3 is 3.08 bits per heavy atom. The minimum absolute atomic E-state index is 0.859. The zero-order valence-electron chi connectivity index (χ0n) is 7.13. The second-order valence-electron chi connectivity index (χ2n) is 3.14. The highest BCUT2D eigenvalue weighted by Gasteiger charge is 2.13. The molecule has 1 aliphatic heterocycles. The van der Waals surface area contributed by atoms with Crippen LogP contribution in [-0.2, 0) is 6.42 Å². The molecule has 12 heavy (non-hydrogen) atoms. The summed E-state index contributed by atoms with van der Waals surface area (Å²) >= 11 is 4.38. The SMILES string of the molecule is Cc1c(S)ccc2c1CCCO2. The Hall–Kier alpha value is -0.630. The molecule has 0 N–H and O–H groups in total. The van der Waals surface area contributed by atoms with Crippen molar-refractivity contribution in [1.82, 2.24) is 0 Å². The van der Waals surface area contributed by atoms with Gasteiger partial charge in [0, 0.05) is 4.90 Å². The van der Waals surface area contributed by atoms with Crippen LogP contribution in [0.25, 0.3) is 0 Å². The van der Waals surface area contributed by atoms with Crippen LogP contribution in [0.4, 0.5) is 0 Å². The van der Waals surface area contributed by atoms with Crippen LogP contribution in [0, 0.1) is 6.92 Å². The van der Waals surface area contributed by atoms with Crippen molar-refractivity contribution in [3.63, 3.8) is 0 Å². The summed E-state index contributed by atoms with van der Waals surface area (Å²) in [5.74, 6) is 1.05. The zero-order chi connectivity index (χ0) is 8.55. The van der Waals surface area contributed by atoms with E-state index in [1.807, 2.05) is 12.1 Å². The van der Waals surface area contributed by atoms with Gasteiger partial charge in [0.2, 0.25) is 0 Å². The lowest BCUT2D eigenvalue weighted by atomic mass is 10.0. The van der Waals surface area contributed by atoms with E-state index in [2.05, 4.69) is 19.6 Å². The van der Waals surface area contributed by atoms with E-state index in [9.17, 15) is 0 Å². The predicted molar refractivity (Wildman–Crippen MR) is 52.2 cm³/mol. The highest BCUT2D eigenvalue weighted by molar-refractivity contribution is 7.80. The molecule has 0 spiro atoms. The number of rotatable bonds is 0. The normalized spacial score (nSPS) is 15.2. The first-order valence-corrected chi connectivity index (χ1v) is 4.68. The molecule has 1 heterocycles. The fourth-order valence-corrected chi connectivity index (χ4v) is 1.81. The molecule has 2 rings (SSSR count). The molecular weight excluding hydrogens is 168 g/mol. The molecule has 0 bridgehead atoms. The van der Waals surface area contributed by atoms with Crippen molar-refractivity contribution in [2.45, 2.75) is 24.7 Å². The number of ether oxygens (including phenoxy) is 1. The molecule has 1 nitrogen and oxygen atoms in total. The molecule has 2 heteroatoms. The van der Waals surface area contributed by atoms with E-state index in [-0.39, 0.29) is 0 Å². The van der Waals surface area contributed by atoms with E-state index in [1.165, 1.54) is 11.1 Å². The maximum Gasteiger partial charge on any atom is 0.122 e.